The molecule has 106 valence electrons. The summed E-state index contributed by atoms with van der Waals surface area (Å²) in [5.41, 5.74) is 6.62. The second kappa shape index (κ2) is 10.1. The minimum absolute atomic E-state index is 0.00261. The third-order valence-corrected chi connectivity index (χ3v) is 2.19. The van der Waals surface area contributed by atoms with Crippen molar-refractivity contribution in [2.45, 2.75) is 39.3 Å². The molecule has 0 spiro atoms. The van der Waals surface area contributed by atoms with Crippen molar-refractivity contribution in [1.82, 2.24) is 10.6 Å². The van der Waals surface area contributed by atoms with Crippen LogP contribution < -0.4 is 16.4 Å². The molecule has 0 radical (unpaired) electrons. The summed E-state index contributed by atoms with van der Waals surface area (Å²) >= 11 is 0. The Morgan fingerprint density at radius 2 is 2.11 bits per heavy atom. The lowest BCUT2D eigenvalue weighted by Gasteiger charge is -2.17. The first-order chi connectivity index (χ1) is 8.45. The van der Waals surface area contributed by atoms with Gasteiger partial charge in [-0.15, -0.1) is 0 Å². The minimum atomic E-state index is -0.00261. The van der Waals surface area contributed by atoms with Crippen molar-refractivity contribution in [3.8, 4) is 0 Å². The van der Waals surface area contributed by atoms with Crippen molar-refractivity contribution in [3.63, 3.8) is 0 Å². The molecule has 0 saturated carbocycles. The number of carbonyl (C=O) groups excluding carboxylic acids is 1. The maximum atomic E-state index is 11.6. The molecule has 0 aliphatic heterocycles. The first-order valence-corrected chi connectivity index (χ1v) is 6.40. The number of ether oxygens (including phenoxy) is 1. The molecule has 0 aromatic carbocycles. The van der Waals surface area contributed by atoms with Crippen LogP contribution in [-0.2, 0) is 9.53 Å². The Morgan fingerprint density at radius 1 is 1.44 bits per heavy atom. The third-order valence-electron chi connectivity index (χ3n) is 2.19. The Hall–Kier alpha value is -0.910. The Balaban J connectivity index is 3.70. The minimum Gasteiger partial charge on any atom is -0.376 e. The summed E-state index contributed by atoms with van der Waals surface area (Å²) in [6.07, 6.45) is 0.398. The molecule has 1 atom stereocenters. The fraction of sp³-hybridized carbons (Fsp3) is 0.769. The molecular formula is C13H27N3O2. The van der Waals surface area contributed by atoms with Gasteiger partial charge in [0, 0.05) is 31.6 Å². The van der Waals surface area contributed by atoms with E-state index in [9.17, 15) is 4.79 Å². The van der Waals surface area contributed by atoms with Gasteiger partial charge in [-0.1, -0.05) is 12.2 Å². The summed E-state index contributed by atoms with van der Waals surface area (Å²) in [6.45, 7) is 11.8. The van der Waals surface area contributed by atoms with Crippen LogP contribution in [0, 0.1) is 0 Å². The lowest BCUT2D eigenvalue weighted by Crippen LogP contribution is -2.43. The molecule has 0 aromatic rings. The zero-order valence-corrected chi connectivity index (χ0v) is 11.8. The summed E-state index contributed by atoms with van der Waals surface area (Å²) in [5.74, 6) is 0.0239. The lowest BCUT2D eigenvalue weighted by atomic mass is 10.2. The lowest BCUT2D eigenvalue weighted by molar-refractivity contribution is -0.122. The van der Waals surface area contributed by atoms with Crippen LogP contribution in [-0.4, -0.2) is 44.3 Å². The largest absolute Gasteiger partial charge is 0.376 e. The Bertz CT molecular complexity index is 255. The van der Waals surface area contributed by atoms with Crippen LogP contribution in [0.5, 0.6) is 0 Å². The molecule has 0 fully saturated rings. The number of nitrogens with two attached hydrogens (primary N) is 1. The monoisotopic (exact) mass is 257 g/mol. The van der Waals surface area contributed by atoms with Gasteiger partial charge in [-0.2, -0.15) is 0 Å². The van der Waals surface area contributed by atoms with Gasteiger partial charge >= 0.3 is 0 Å². The smallest absolute Gasteiger partial charge is 0.221 e. The molecule has 0 aliphatic rings. The number of hydrogen-bond donors (Lipinski definition) is 3. The van der Waals surface area contributed by atoms with Crippen LogP contribution in [0.25, 0.3) is 0 Å². The highest BCUT2D eigenvalue weighted by Crippen LogP contribution is 1.92. The van der Waals surface area contributed by atoms with Crippen molar-refractivity contribution in [2.75, 3.05) is 26.3 Å². The Morgan fingerprint density at radius 3 is 2.61 bits per heavy atom. The molecule has 18 heavy (non-hydrogen) atoms. The molecule has 0 rings (SSSR count). The van der Waals surface area contributed by atoms with Gasteiger partial charge in [0.05, 0.1) is 13.2 Å². The summed E-state index contributed by atoms with van der Waals surface area (Å²) in [6, 6.07) is 0.159. The van der Waals surface area contributed by atoms with Crippen molar-refractivity contribution in [1.29, 1.82) is 0 Å². The molecule has 1 unspecified atom stereocenters. The number of hydrogen-bond acceptors (Lipinski definition) is 4. The number of carbonyl (C=O) groups is 1. The summed E-state index contributed by atoms with van der Waals surface area (Å²) in [5, 5.41) is 6.05. The SMILES string of the molecule is C=C(C)COCCNC(CN)CC(=O)NC(C)C. The predicted molar refractivity (Wildman–Crippen MR) is 74.4 cm³/mol. The zero-order chi connectivity index (χ0) is 14.0. The molecule has 0 heterocycles. The highest BCUT2D eigenvalue weighted by atomic mass is 16.5. The van der Waals surface area contributed by atoms with Gasteiger partial charge < -0.3 is 21.1 Å². The van der Waals surface area contributed by atoms with E-state index >= 15 is 0 Å². The molecule has 5 nitrogen and oxygen atoms in total. The van der Waals surface area contributed by atoms with Gasteiger partial charge in [-0.3, -0.25) is 4.79 Å². The van der Waals surface area contributed by atoms with E-state index in [1.807, 2.05) is 20.8 Å². The molecule has 0 aliphatic carbocycles. The van der Waals surface area contributed by atoms with E-state index in [-0.39, 0.29) is 18.0 Å². The van der Waals surface area contributed by atoms with E-state index < -0.39 is 0 Å². The Kier molecular flexibility index (Phi) is 9.55. The summed E-state index contributed by atoms with van der Waals surface area (Å²) in [4.78, 5) is 11.6. The number of rotatable bonds is 10. The maximum Gasteiger partial charge on any atom is 0.221 e. The van der Waals surface area contributed by atoms with Crippen molar-refractivity contribution < 1.29 is 9.53 Å². The highest BCUT2D eigenvalue weighted by Gasteiger charge is 2.12. The van der Waals surface area contributed by atoms with E-state index in [1.54, 1.807) is 0 Å². The topological polar surface area (TPSA) is 76.4 Å². The van der Waals surface area contributed by atoms with Crippen LogP contribution in [0.2, 0.25) is 0 Å². The average Bonchev–Trinajstić information content (AvgIpc) is 2.25. The van der Waals surface area contributed by atoms with Gasteiger partial charge in [0.25, 0.3) is 0 Å². The Labute approximate surface area is 110 Å². The van der Waals surface area contributed by atoms with Crippen LogP contribution in [0.4, 0.5) is 0 Å². The highest BCUT2D eigenvalue weighted by molar-refractivity contribution is 5.76. The van der Waals surface area contributed by atoms with Gasteiger partial charge in [-0.05, 0) is 20.8 Å². The average molecular weight is 257 g/mol. The second-order valence-corrected chi connectivity index (χ2v) is 4.82. The molecule has 4 N–H and O–H groups in total. The zero-order valence-electron chi connectivity index (χ0n) is 11.8. The van der Waals surface area contributed by atoms with E-state index in [2.05, 4.69) is 17.2 Å². The summed E-state index contributed by atoms with van der Waals surface area (Å²) in [7, 11) is 0. The molecule has 1 amide bonds. The molecular weight excluding hydrogens is 230 g/mol. The first kappa shape index (κ1) is 17.1. The van der Waals surface area contributed by atoms with Crippen molar-refractivity contribution >= 4 is 5.91 Å². The molecule has 0 saturated heterocycles. The van der Waals surface area contributed by atoms with E-state index in [0.717, 1.165) is 5.57 Å². The van der Waals surface area contributed by atoms with Crippen LogP contribution in [0.1, 0.15) is 27.2 Å². The van der Waals surface area contributed by atoms with E-state index in [4.69, 9.17) is 10.5 Å². The van der Waals surface area contributed by atoms with Crippen molar-refractivity contribution in [2.24, 2.45) is 5.73 Å². The third kappa shape index (κ3) is 10.3. The van der Waals surface area contributed by atoms with Crippen LogP contribution in [0.15, 0.2) is 12.2 Å². The first-order valence-electron chi connectivity index (χ1n) is 6.40. The number of nitrogens with one attached hydrogen (secondary N) is 2. The van der Waals surface area contributed by atoms with Gasteiger partial charge in [0.15, 0.2) is 0 Å². The number of amides is 1. The molecule has 0 bridgehead atoms. The van der Waals surface area contributed by atoms with Gasteiger partial charge in [0.1, 0.15) is 0 Å². The molecule has 5 heteroatoms. The van der Waals surface area contributed by atoms with Crippen LogP contribution >= 0.6 is 0 Å². The van der Waals surface area contributed by atoms with Gasteiger partial charge in [-0.25, -0.2) is 0 Å². The standard InChI is InChI=1S/C13H27N3O2/c1-10(2)9-18-6-5-15-12(8-14)7-13(17)16-11(3)4/h11-12,15H,1,5-9,14H2,2-4H3,(H,16,17). The van der Waals surface area contributed by atoms with Crippen LogP contribution in [0.3, 0.4) is 0 Å². The molecule has 0 aromatic heterocycles. The predicted octanol–water partition coefficient (Wildman–Crippen LogP) is 0.411. The quantitative estimate of drug-likeness (QED) is 0.391. The fourth-order valence-electron chi connectivity index (χ4n) is 1.43. The normalized spacial score (nSPS) is 12.5. The van der Waals surface area contributed by atoms with Crippen molar-refractivity contribution in [3.05, 3.63) is 12.2 Å². The fourth-order valence-corrected chi connectivity index (χ4v) is 1.43. The van der Waals surface area contributed by atoms with E-state index in [0.29, 0.717) is 32.7 Å². The van der Waals surface area contributed by atoms with E-state index in [1.165, 1.54) is 0 Å². The summed E-state index contributed by atoms with van der Waals surface area (Å²) < 4.78 is 5.36. The van der Waals surface area contributed by atoms with Gasteiger partial charge in [0.2, 0.25) is 5.91 Å². The maximum absolute atomic E-state index is 11.6. The second-order valence-electron chi connectivity index (χ2n) is 4.82.